The summed E-state index contributed by atoms with van der Waals surface area (Å²) in [4.78, 5) is 0.703. The molecular formula is C98H106F6N8O10S2. The van der Waals surface area contributed by atoms with Crippen LogP contribution in [0.15, 0.2) is 311 Å². The summed E-state index contributed by atoms with van der Waals surface area (Å²) in [6.07, 6.45) is 2.56. The highest BCUT2D eigenvalue weighted by atomic mass is 32.2. The van der Waals surface area contributed by atoms with Crippen LogP contribution in [-0.4, -0.2) is 53.4 Å². The Labute approximate surface area is 721 Å². The lowest BCUT2D eigenvalue weighted by Gasteiger charge is -2.38. The van der Waals surface area contributed by atoms with Crippen LogP contribution in [0.25, 0.3) is 0 Å². The summed E-state index contributed by atoms with van der Waals surface area (Å²) in [6.45, 7) is 8.52. The zero-order valence-corrected chi connectivity index (χ0v) is 71.0. The van der Waals surface area contributed by atoms with Crippen molar-refractivity contribution < 1.29 is 71.6 Å². The minimum Gasteiger partial charge on any atom is -0.457 e. The van der Waals surface area contributed by atoms with Crippen LogP contribution in [0.3, 0.4) is 0 Å². The van der Waals surface area contributed by atoms with Gasteiger partial charge in [0.25, 0.3) is 0 Å². The maximum absolute atomic E-state index is 14.4. The highest BCUT2D eigenvalue weighted by Gasteiger charge is 2.72. The molecule has 0 saturated heterocycles. The molecule has 12 aromatic carbocycles. The van der Waals surface area contributed by atoms with Crippen molar-refractivity contribution >= 4 is 42.4 Å². The van der Waals surface area contributed by atoms with Crippen molar-refractivity contribution in [2.24, 2.45) is 46.6 Å². The van der Waals surface area contributed by atoms with Crippen molar-refractivity contribution in [3.63, 3.8) is 0 Å². The van der Waals surface area contributed by atoms with Crippen LogP contribution in [0, 0.1) is 37.5 Å². The second kappa shape index (κ2) is 41.9. The topological polar surface area (TPSA) is 332 Å². The Balaban J connectivity index is 0.000000159. The standard InChI is InChI=1S/C28H21F6NO2.C25H21NO4S.C24H20N2O4S.C15H30N2.C6H14N2/c1-18-2-10-22(11-3-18)36-23-12-4-19(5-13-23)26(27(29,30)31,28(32,33)34)20-6-14-24(15-7-20)37-25-16-8-21(35)9-17-25;1-18-2-6-20(7-3-18)29-22-10-14-24(15-11-22)31(27,28)25-16-12-23(13-17-25)30-21-8-4-19(26)5-9-21;25-17-3-1-5-21(15-17)29-19-7-11-23(12-8-19)31(27,28)24-13-9-20(10-14-24)30-22-6-2-4-18(26)16-22;1-10-7-12(3-5-14(10)16)9-13-4-6-15(17)11(2)8-13;7-5-2-1-3-6(8)4-5/h2-17H,35H2,1H3;2-17H,26H2,1H3;1-16H,25-26H2;10-15H,3-9,16-17H2,1-2H3;5-6H,1-4,7-8H2. The third-order valence-electron chi connectivity index (χ3n) is 22.0. The molecule has 3 aliphatic rings. The quantitative estimate of drug-likeness (QED) is 0.0260. The van der Waals surface area contributed by atoms with E-state index in [1.54, 1.807) is 158 Å². The first-order valence-electron chi connectivity index (χ1n) is 40.9. The Hall–Kier alpha value is -12.0. The van der Waals surface area contributed by atoms with Gasteiger partial charge >= 0.3 is 12.4 Å². The minimum absolute atomic E-state index is 0.0635. The number of hydrogen-bond acceptors (Lipinski definition) is 18. The van der Waals surface area contributed by atoms with Crippen LogP contribution in [0.4, 0.5) is 49.1 Å². The van der Waals surface area contributed by atoms with E-state index in [1.807, 2.05) is 38.1 Å². The molecule has 3 aliphatic carbocycles. The molecule has 0 bridgehead atoms. The molecule has 0 heterocycles. The third kappa shape index (κ3) is 25.6. The first-order valence-corrected chi connectivity index (χ1v) is 43.9. The number of halogens is 6. The van der Waals surface area contributed by atoms with Gasteiger partial charge in [-0.05, 0) is 331 Å². The molecule has 26 heteroatoms. The molecule has 0 amide bonds. The van der Waals surface area contributed by atoms with E-state index in [-0.39, 0.29) is 31.1 Å². The Bertz CT molecular complexity index is 5280. The molecule has 652 valence electrons. The average Bonchev–Trinajstić information content (AvgIpc) is 0.715. The number of nitrogens with two attached hydrogens (primary N) is 8. The molecule has 3 saturated carbocycles. The van der Waals surface area contributed by atoms with Gasteiger partial charge in [-0.25, -0.2) is 16.8 Å². The number of anilines is 4. The molecule has 3 fully saturated rings. The van der Waals surface area contributed by atoms with Gasteiger partial charge in [-0.15, -0.1) is 0 Å². The second-order valence-electron chi connectivity index (χ2n) is 31.8. The summed E-state index contributed by atoms with van der Waals surface area (Å²) in [7, 11) is -7.34. The van der Waals surface area contributed by atoms with Gasteiger partial charge in [-0.1, -0.05) is 92.1 Å². The highest BCUT2D eigenvalue weighted by Crippen LogP contribution is 2.57. The summed E-state index contributed by atoms with van der Waals surface area (Å²) in [5.41, 5.74) is 44.4. The maximum Gasteiger partial charge on any atom is 0.411 e. The van der Waals surface area contributed by atoms with Gasteiger partial charge in [0, 0.05) is 59.0 Å². The van der Waals surface area contributed by atoms with Crippen molar-refractivity contribution in [2.75, 3.05) is 22.9 Å². The van der Waals surface area contributed by atoms with E-state index < -0.39 is 48.6 Å². The molecule has 8 unspecified atom stereocenters. The lowest BCUT2D eigenvalue weighted by atomic mass is 9.71. The summed E-state index contributed by atoms with van der Waals surface area (Å²) in [6, 6.07) is 75.8. The smallest absolute Gasteiger partial charge is 0.411 e. The van der Waals surface area contributed by atoms with E-state index in [2.05, 4.69) is 13.8 Å². The van der Waals surface area contributed by atoms with Crippen LogP contribution in [-0.2, 0) is 25.1 Å². The third-order valence-corrected chi connectivity index (χ3v) is 25.6. The molecular weight excluding hydrogens is 1630 g/mol. The number of aryl methyl sites for hydroxylation is 2. The van der Waals surface area contributed by atoms with Crippen molar-refractivity contribution in [3.05, 3.63) is 313 Å². The average molecular weight is 1730 g/mol. The van der Waals surface area contributed by atoms with Crippen molar-refractivity contribution in [1.82, 2.24) is 0 Å². The van der Waals surface area contributed by atoms with E-state index in [0.717, 1.165) is 89.8 Å². The van der Waals surface area contributed by atoms with Gasteiger partial charge in [0.15, 0.2) is 0 Å². The fourth-order valence-electron chi connectivity index (χ4n) is 15.0. The number of rotatable bonds is 20. The zero-order valence-electron chi connectivity index (χ0n) is 69.4. The predicted octanol–water partition coefficient (Wildman–Crippen LogP) is 23.0. The number of hydrogen-bond donors (Lipinski definition) is 8. The first-order chi connectivity index (χ1) is 59.0. The van der Waals surface area contributed by atoms with Crippen LogP contribution >= 0.6 is 0 Å². The van der Waals surface area contributed by atoms with E-state index in [0.29, 0.717) is 104 Å². The number of alkyl halides is 6. The molecule has 16 N–H and O–H groups in total. The number of nitrogen functional groups attached to an aromatic ring is 4. The summed E-state index contributed by atoms with van der Waals surface area (Å²) in [5.74, 6) is 8.81. The Kier molecular flexibility index (Phi) is 31.3. The van der Waals surface area contributed by atoms with E-state index in [9.17, 15) is 43.2 Å². The lowest BCUT2D eigenvalue weighted by Crippen LogP contribution is -2.54. The second-order valence-corrected chi connectivity index (χ2v) is 35.7. The largest absolute Gasteiger partial charge is 0.457 e. The van der Waals surface area contributed by atoms with Crippen LogP contribution < -0.4 is 74.3 Å². The fourth-order valence-corrected chi connectivity index (χ4v) is 17.6. The first kappa shape index (κ1) is 92.7. The van der Waals surface area contributed by atoms with Gasteiger partial charge in [-0.2, -0.15) is 26.3 Å². The summed E-state index contributed by atoms with van der Waals surface area (Å²) < 4.78 is 172. The van der Waals surface area contributed by atoms with Crippen molar-refractivity contribution in [1.29, 1.82) is 0 Å². The monoisotopic (exact) mass is 1730 g/mol. The van der Waals surface area contributed by atoms with Crippen molar-refractivity contribution in [2.45, 2.75) is 160 Å². The molecule has 0 spiro atoms. The van der Waals surface area contributed by atoms with E-state index >= 15 is 0 Å². The highest BCUT2D eigenvalue weighted by molar-refractivity contribution is 7.91. The van der Waals surface area contributed by atoms with Gasteiger partial charge in [0.2, 0.25) is 25.1 Å². The lowest BCUT2D eigenvalue weighted by molar-refractivity contribution is -0.288. The zero-order chi connectivity index (χ0) is 88.9. The molecule has 18 nitrogen and oxygen atoms in total. The van der Waals surface area contributed by atoms with Crippen LogP contribution in [0.1, 0.15) is 107 Å². The Morgan fingerprint density at radius 2 is 0.556 bits per heavy atom. The van der Waals surface area contributed by atoms with Crippen molar-refractivity contribution in [3.8, 4) is 69.0 Å². The molecule has 8 atom stereocenters. The number of ether oxygens (including phenoxy) is 6. The van der Waals surface area contributed by atoms with Gasteiger partial charge in [-0.3, -0.25) is 0 Å². The normalized spacial score (nSPS) is 18.4. The molecule has 12 aromatic rings. The summed E-state index contributed by atoms with van der Waals surface area (Å²) in [5, 5.41) is 0. The van der Waals surface area contributed by atoms with Crippen LogP contribution in [0.2, 0.25) is 0 Å². The molecule has 15 rings (SSSR count). The number of sulfone groups is 2. The van der Waals surface area contributed by atoms with Gasteiger partial charge in [0.1, 0.15) is 69.0 Å². The van der Waals surface area contributed by atoms with Crippen LogP contribution in [0.5, 0.6) is 69.0 Å². The fraction of sp³-hybridized carbons (Fsp3) is 0.265. The Morgan fingerprint density at radius 1 is 0.306 bits per heavy atom. The predicted molar refractivity (Wildman–Crippen MR) is 477 cm³/mol. The minimum atomic E-state index is -5.70. The van der Waals surface area contributed by atoms with Gasteiger partial charge in [0.05, 0.1) is 19.6 Å². The Morgan fingerprint density at radius 3 is 0.798 bits per heavy atom. The number of benzene rings is 12. The van der Waals surface area contributed by atoms with E-state index in [4.69, 9.17) is 74.3 Å². The molecule has 124 heavy (non-hydrogen) atoms. The van der Waals surface area contributed by atoms with Gasteiger partial charge < -0.3 is 74.3 Å². The molecule has 0 radical (unpaired) electrons. The SMILES string of the molecule is CC1CC(CC2CCC(N)C(C)C2)CCC1N.Cc1ccc(Oc2ccc(C(c3ccc(Oc4ccc(N)cc4)cc3)(C(F)(F)F)C(F)(F)F)cc2)cc1.Cc1ccc(Oc2ccc(S(=O)(=O)c3ccc(Oc4ccc(N)cc4)cc3)cc2)cc1.NC1CCCC(N)C1.Nc1cccc(Oc2ccc(S(=O)(=O)c3ccc(Oc4cccc(N)c4)cc3)cc2)c1. The van der Waals surface area contributed by atoms with E-state index in [1.165, 1.54) is 125 Å². The summed E-state index contributed by atoms with van der Waals surface area (Å²) >= 11 is 0. The molecule has 0 aromatic heterocycles. The maximum atomic E-state index is 14.4. The molecule has 0 aliphatic heterocycles.